The Bertz CT molecular complexity index is 1160. The van der Waals surface area contributed by atoms with E-state index in [2.05, 4.69) is 17.0 Å². The molecule has 9 heteroatoms. The predicted molar refractivity (Wildman–Crippen MR) is 133 cm³/mol. The van der Waals surface area contributed by atoms with Crippen LogP contribution in [0.3, 0.4) is 0 Å². The van der Waals surface area contributed by atoms with Crippen molar-refractivity contribution in [3.63, 3.8) is 0 Å². The molecule has 2 aromatic rings. The van der Waals surface area contributed by atoms with Crippen LogP contribution in [0.1, 0.15) is 45.6 Å². The van der Waals surface area contributed by atoms with Crippen LogP contribution in [-0.2, 0) is 16.1 Å². The van der Waals surface area contributed by atoms with Crippen LogP contribution in [0.5, 0.6) is 5.75 Å². The highest BCUT2D eigenvalue weighted by atomic mass is 19.4. The fraction of sp³-hybridized carbons (Fsp3) is 0.607. The van der Waals surface area contributed by atoms with E-state index in [4.69, 9.17) is 9.47 Å². The second kappa shape index (κ2) is 9.43. The van der Waals surface area contributed by atoms with E-state index in [9.17, 15) is 23.1 Å². The number of likely N-dealkylation sites (tertiary alicyclic amines) is 1. The van der Waals surface area contributed by atoms with Crippen LogP contribution in [0.4, 0.5) is 13.2 Å². The SMILES string of the molecule is COc1ccc2cc(CN3C4CC5CC3[C@H](OC(=O)C(C)(C)C)C4N(C(O)CC(F)(F)F)C5)ccc2c1. The van der Waals surface area contributed by atoms with Crippen molar-refractivity contribution in [2.24, 2.45) is 11.3 Å². The Kier molecular flexibility index (Phi) is 6.69. The van der Waals surface area contributed by atoms with Crippen LogP contribution < -0.4 is 4.74 Å². The first-order chi connectivity index (χ1) is 17.3. The van der Waals surface area contributed by atoms with Crippen LogP contribution in [0.2, 0.25) is 0 Å². The normalized spacial score (nSPS) is 29.0. The van der Waals surface area contributed by atoms with Crippen molar-refractivity contribution in [3.05, 3.63) is 42.0 Å². The van der Waals surface area contributed by atoms with Crippen molar-refractivity contribution in [1.82, 2.24) is 9.80 Å². The Morgan fingerprint density at radius 1 is 1.08 bits per heavy atom. The molecule has 0 spiro atoms. The molecule has 0 radical (unpaired) electrons. The maximum atomic E-state index is 13.2. The average Bonchev–Trinajstić information content (AvgIpc) is 2.93. The molecule has 37 heavy (non-hydrogen) atoms. The van der Waals surface area contributed by atoms with Gasteiger partial charge in [-0.1, -0.05) is 18.2 Å². The number of carbonyl (C=O) groups is 1. The van der Waals surface area contributed by atoms with Gasteiger partial charge in [-0.05, 0) is 74.1 Å². The van der Waals surface area contributed by atoms with Crippen molar-refractivity contribution in [2.75, 3.05) is 13.7 Å². The number of fused-ring (bicyclic) bond motifs is 3. The number of aliphatic hydroxyl groups is 1. The third-order valence-corrected chi connectivity index (χ3v) is 8.09. The molecule has 0 saturated carbocycles. The first-order valence-corrected chi connectivity index (χ1v) is 12.9. The molecule has 3 aliphatic heterocycles. The maximum Gasteiger partial charge on any atom is 0.392 e. The summed E-state index contributed by atoms with van der Waals surface area (Å²) in [6.07, 6.45) is -6.53. The number of hydrogen-bond donors (Lipinski definition) is 1. The number of aliphatic hydroxyl groups excluding tert-OH is 1. The minimum absolute atomic E-state index is 0.107. The lowest BCUT2D eigenvalue weighted by Crippen LogP contribution is -2.59. The highest BCUT2D eigenvalue weighted by molar-refractivity contribution is 5.84. The Balaban J connectivity index is 1.45. The number of alkyl halides is 3. The number of nitrogens with zero attached hydrogens (tertiary/aromatic N) is 2. The van der Waals surface area contributed by atoms with Crippen molar-refractivity contribution in [2.45, 2.75) is 83.2 Å². The summed E-state index contributed by atoms with van der Waals surface area (Å²) in [4.78, 5) is 16.8. The summed E-state index contributed by atoms with van der Waals surface area (Å²) >= 11 is 0. The largest absolute Gasteiger partial charge is 0.497 e. The second-order valence-corrected chi connectivity index (χ2v) is 11.8. The number of methoxy groups -OCH3 is 1. The summed E-state index contributed by atoms with van der Waals surface area (Å²) in [6.45, 7) is 6.28. The molecular weight excluding hydrogens is 485 g/mol. The van der Waals surface area contributed by atoms with Gasteiger partial charge in [-0.15, -0.1) is 0 Å². The molecule has 3 heterocycles. The molecule has 202 valence electrons. The fourth-order valence-corrected chi connectivity index (χ4v) is 6.42. The molecule has 0 aromatic heterocycles. The highest BCUT2D eigenvalue weighted by Crippen LogP contribution is 2.49. The maximum absolute atomic E-state index is 13.2. The molecular formula is C28H35F3N2O4. The number of ether oxygens (including phenoxy) is 2. The molecule has 3 saturated heterocycles. The Hall–Kier alpha value is -2.36. The van der Waals surface area contributed by atoms with Gasteiger partial charge in [-0.25, -0.2) is 0 Å². The van der Waals surface area contributed by atoms with Crippen molar-refractivity contribution < 1.29 is 32.5 Å². The number of rotatable bonds is 6. The van der Waals surface area contributed by atoms with Gasteiger partial charge in [0.15, 0.2) is 0 Å². The zero-order chi connectivity index (χ0) is 26.7. The Morgan fingerprint density at radius 3 is 2.43 bits per heavy atom. The van der Waals surface area contributed by atoms with Crippen LogP contribution in [0.25, 0.3) is 10.8 Å². The quantitative estimate of drug-likeness (QED) is 0.556. The van der Waals surface area contributed by atoms with Gasteiger partial charge in [-0.2, -0.15) is 13.2 Å². The molecule has 2 aromatic carbocycles. The van der Waals surface area contributed by atoms with Gasteiger partial charge in [0, 0.05) is 25.2 Å². The molecule has 3 aliphatic rings. The number of hydrogen-bond acceptors (Lipinski definition) is 6. The van der Waals surface area contributed by atoms with E-state index >= 15 is 0 Å². The van der Waals surface area contributed by atoms with E-state index in [1.165, 1.54) is 0 Å². The van der Waals surface area contributed by atoms with Crippen molar-refractivity contribution in [1.29, 1.82) is 0 Å². The average molecular weight is 521 g/mol. The monoisotopic (exact) mass is 520 g/mol. The predicted octanol–water partition coefficient (Wildman–Crippen LogP) is 4.72. The summed E-state index contributed by atoms with van der Waals surface area (Å²) in [7, 11) is 1.63. The summed E-state index contributed by atoms with van der Waals surface area (Å²) < 4.78 is 51.1. The Labute approximate surface area is 215 Å². The number of benzene rings is 2. The molecule has 5 rings (SSSR count). The van der Waals surface area contributed by atoms with E-state index in [0.29, 0.717) is 13.1 Å². The number of halogens is 3. The van der Waals surface area contributed by atoms with Crippen LogP contribution in [0, 0.1) is 11.3 Å². The zero-order valence-corrected chi connectivity index (χ0v) is 21.7. The smallest absolute Gasteiger partial charge is 0.392 e. The van der Waals surface area contributed by atoms with Crippen LogP contribution in [0.15, 0.2) is 36.4 Å². The molecule has 5 unspecified atom stereocenters. The topological polar surface area (TPSA) is 62.2 Å². The molecule has 3 fully saturated rings. The van der Waals surface area contributed by atoms with E-state index in [0.717, 1.165) is 34.9 Å². The van der Waals surface area contributed by atoms with Gasteiger partial charge in [0.1, 0.15) is 18.1 Å². The zero-order valence-electron chi connectivity index (χ0n) is 21.7. The minimum atomic E-state index is -4.49. The van der Waals surface area contributed by atoms with Gasteiger partial charge in [0.2, 0.25) is 0 Å². The fourth-order valence-electron chi connectivity index (χ4n) is 6.42. The molecule has 0 amide bonds. The van der Waals surface area contributed by atoms with E-state index in [1.807, 2.05) is 24.3 Å². The van der Waals surface area contributed by atoms with E-state index in [1.54, 1.807) is 32.8 Å². The van der Waals surface area contributed by atoms with Gasteiger partial charge in [0.05, 0.1) is 25.0 Å². The minimum Gasteiger partial charge on any atom is -0.497 e. The lowest BCUT2D eigenvalue weighted by Gasteiger charge is -2.48. The van der Waals surface area contributed by atoms with Crippen LogP contribution in [-0.4, -0.2) is 71.2 Å². The van der Waals surface area contributed by atoms with Gasteiger partial charge < -0.3 is 14.6 Å². The van der Waals surface area contributed by atoms with Gasteiger partial charge >= 0.3 is 12.1 Å². The standard InChI is InChI=1S/C28H35F3N2O4/c1-27(2,3)26(35)37-25-22-11-17-10-21(24(25)33(15-17)23(34)13-28(29,30)31)32(22)14-16-5-6-19-12-20(36-4)8-7-18(19)9-16/h5-9,12,17,21-25,34H,10-11,13-15H2,1-4H3/t17?,21?,22?,23?,24?,25-/m0/s1. The van der Waals surface area contributed by atoms with Gasteiger partial charge in [-0.3, -0.25) is 14.6 Å². The number of piperidine rings is 2. The Morgan fingerprint density at radius 2 is 1.76 bits per heavy atom. The summed E-state index contributed by atoms with van der Waals surface area (Å²) in [5.74, 6) is 0.553. The molecule has 1 N–H and O–H groups in total. The number of esters is 1. The summed E-state index contributed by atoms with van der Waals surface area (Å²) in [5, 5.41) is 12.8. The highest BCUT2D eigenvalue weighted by Gasteiger charge is 2.61. The lowest BCUT2D eigenvalue weighted by molar-refractivity contribution is -0.191. The van der Waals surface area contributed by atoms with Crippen LogP contribution >= 0.6 is 0 Å². The first kappa shape index (κ1) is 26.3. The van der Waals surface area contributed by atoms with E-state index in [-0.39, 0.29) is 24.0 Å². The number of carbonyl (C=O) groups excluding carboxylic acids is 1. The summed E-state index contributed by atoms with van der Waals surface area (Å²) in [5.41, 5.74) is 0.338. The van der Waals surface area contributed by atoms with Gasteiger partial charge in [0.25, 0.3) is 0 Å². The van der Waals surface area contributed by atoms with E-state index < -0.39 is 36.4 Å². The molecule has 3 bridgehead atoms. The first-order valence-electron chi connectivity index (χ1n) is 12.9. The van der Waals surface area contributed by atoms with Crippen molar-refractivity contribution >= 4 is 16.7 Å². The third-order valence-electron chi connectivity index (χ3n) is 8.09. The molecule has 6 nitrogen and oxygen atoms in total. The second-order valence-electron chi connectivity index (χ2n) is 11.8. The van der Waals surface area contributed by atoms with Crippen molar-refractivity contribution in [3.8, 4) is 5.75 Å². The lowest BCUT2D eigenvalue weighted by atomic mass is 9.85. The molecule has 0 aliphatic carbocycles. The third kappa shape index (κ3) is 5.18. The molecule has 6 atom stereocenters. The summed E-state index contributed by atoms with van der Waals surface area (Å²) in [6, 6.07) is 11.4.